The molecule has 1 amide bonds. The average Bonchev–Trinajstić information content (AvgIpc) is 2.44. The number of amides is 1. The maximum atomic E-state index is 10.9. The zero-order valence-electron chi connectivity index (χ0n) is 8.80. The molecule has 1 heterocycles. The summed E-state index contributed by atoms with van der Waals surface area (Å²) in [6, 6.07) is 0.197. The predicted octanol–water partition coefficient (Wildman–Crippen LogP) is -0.315. The minimum Gasteiger partial charge on any atom is -0.367 e. The van der Waals surface area contributed by atoms with Crippen molar-refractivity contribution in [3.63, 3.8) is 0 Å². The number of carbonyl (C=O) groups is 1. The number of rotatable bonds is 4. The van der Waals surface area contributed by atoms with Crippen LogP contribution in [-0.2, 0) is 6.54 Å². The molecule has 0 radical (unpaired) electrons. The van der Waals surface area contributed by atoms with Crippen molar-refractivity contribution in [3.05, 3.63) is 10.9 Å². The SMILES string of the molecule is CC(C)NCc1no[n+]([O-])c1OC(N)=O.Cl. The molecule has 1 aromatic heterocycles. The number of aromatic nitrogens is 2. The maximum Gasteiger partial charge on any atom is 0.412 e. The van der Waals surface area contributed by atoms with Gasteiger partial charge in [0, 0.05) is 11.2 Å². The number of halogens is 1. The van der Waals surface area contributed by atoms with Crippen LogP contribution < -0.4 is 20.7 Å². The molecule has 0 saturated carbocycles. The fourth-order valence-electron chi connectivity index (χ4n) is 0.868. The standard InChI is InChI=1S/C7H12N4O4.ClH/c1-4(2)9-3-5-6(14-7(8)12)11(13)15-10-5;/h4,9H,3H2,1-2H3,(H2,8,12);1H. The normalized spacial score (nSPS) is 9.94. The van der Waals surface area contributed by atoms with Crippen LogP contribution in [0.4, 0.5) is 4.79 Å². The van der Waals surface area contributed by atoms with Crippen LogP contribution in [0.2, 0.25) is 0 Å². The quantitative estimate of drug-likeness (QED) is 0.710. The third-order valence-electron chi connectivity index (χ3n) is 1.51. The molecule has 0 bridgehead atoms. The summed E-state index contributed by atoms with van der Waals surface area (Å²) in [4.78, 5) is 10.5. The second-order valence-corrected chi connectivity index (χ2v) is 3.14. The maximum absolute atomic E-state index is 10.9. The van der Waals surface area contributed by atoms with Crippen LogP contribution in [0, 0.1) is 5.21 Å². The van der Waals surface area contributed by atoms with Gasteiger partial charge in [0.1, 0.15) is 0 Å². The Balaban J connectivity index is 0.00000225. The van der Waals surface area contributed by atoms with E-state index in [4.69, 9.17) is 5.73 Å². The van der Waals surface area contributed by atoms with Gasteiger partial charge in [-0.25, -0.2) is 4.79 Å². The van der Waals surface area contributed by atoms with E-state index in [9.17, 15) is 10.0 Å². The van der Waals surface area contributed by atoms with Crippen molar-refractivity contribution in [2.45, 2.75) is 26.4 Å². The van der Waals surface area contributed by atoms with Gasteiger partial charge >= 0.3 is 12.0 Å². The van der Waals surface area contributed by atoms with Gasteiger partial charge in [-0.2, -0.15) is 0 Å². The monoisotopic (exact) mass is 252 g/mol. The van der Waals surface area contributed by atoms with Crippen LogP contribution in [0.25, 0.3) is 0 Å². The fraction of sp³-hybridized carbons (Fsp3) is 0.571. The summed E-state index contributed by atoms with van der Waals surface area (Å²) in [5.41, 5.74) is 4.97. The van der Waals surface area contributed by atoms with E-state index in [2.05, 4.69) is 19.8 Å². The van der Waals surface area contributed by atoms with E-state index in [0.717, 1.165) is 0 Å². The van der Waals surface area contributed by atoms with Crippen LogP contribution in [0.15, 0.2) is 4.63 Å². The van der Waals surface area contributed by atoms with E-state index < -0.39 is 6.09 Å². The topological polar surface area (TPSA) is 117 Å². The lowest BCUT2D eigenvalue weighted by Crippen LogP contribution is -2.31. The third-order valence-corrected chi connectivity index (χ3v) is 1.51. The molecule has 0 aliphatic heterocycles. The first-order valence-electron chi connectivity index (χ1n) is 4.30. The number of nitrogens with two attached hydrogens (primary N) is 1. The van der Waals surface area contributed by atoms with Gasteiger partial charge in [-0.15, -0.1) is 12.4 Å². The van der Waals surface area contributed by atoms with Crippen molar-refractivity contribution in [2.75, 3.05) is 0 Å². The minimum absolute atomic E-state index is 0. The highest BCUT2D eigenvalue weighted by Gasteiger charge is 2.22. The van der Waals surface area contributed by atoms with Gasteiger partial charge in [-0.05, 0) is 4.90 Å². The molecule has 1 rings (SSSR count). The fourth-order valence-corrected chi connectivity index (χ4v) is 0.868. The number of ether oxygens (including phenoxy) is 1. The van der Waals surface area contributed by atoms with E-state index in [0.29, 0.717) is 0 Å². The Morgan fingerprint density at radius 2 is 2.38 bits per heavy atom. The smallest absolute Gasteiger partial charge is 0.367 e. The summed E-state index contributed by atoms with van der Waals surface area (Å²) < 4.78 is 8.71. The van der Waals surface area contributed by atoms with Crippen molar-refractivity contribution < 1.29 is 19.1 Å². The van der Waals surface area contributed by atoms with Crippen LogP contribution in [0.5, 0.6) is 5.88 Å². The van der Waals surface area contributed by atoms with Gasteiger partial charge in [0.05, 0.1) is 6.54 Å². The van der Waals surface area contributed by atoms with Gasteiger partial charge < -0.3 is 21.0 Å². The van der Waals surface area contributed by atoms with Crippen LogP contribution >= 0.6 is 12.4 Å². The Morgan fingerprint density at radius 3 is 2.88 bits per heavy atom. The number of hydrogen-bond donors (Lipinski definition) is 2. The van der Waals surface area contributed by atoms with Crippen molar-refractivity contribution in [1.82, 2.24) is 10.5 Å². The molecule has 0 aliphatic carbocycles. The predicted molar refractivity (Wildman–Crippen MR) is 54.9 cm³/mol. The molecule has 1 aromatic rings. The molecule has 0 fully saturated rings. The Morgan fingerprint density at radius 1 is 1.75 bits per heavy atom. The van der Waals surface area contributed by atoms with Gasteiger partial charge in [0.2, 0.25) is 0 Å². The van der Waals surface area contributed by atoms with Crippen LogP contribution in [-0.4, -0.2) is 17.3 Å². The first-order valence-corrected chi connectivity index (χ1v) is 4.30. The largest absolute Gasteiger partial charge is 0.412 e. The number of nitrogens with one attached hydrogen (secondary N) is 1. The number of nitrogens with zero attached hydrogens (tertiary/aromatic N) is 2. The Hall–Kier alpha value is -1.54. The molecule has 0 spiro atoms. The second-order valence-electron chi connectivity index (χ2n) is 3.14. The summed E-state index contributed by atoms with van der Waals surface area (Å²) >= 11 is 0. The number of carbonyl (C=O) groups excluding carboxylic acids is 1. The summed E-state index contributed by atoms with van der Waals surface area (Å²) in [5, 5.41) is 17.3. The lowest BCUT2D eigenvalue weighted by molar-refractivity contribution is -0.804. The molecule has 16 heavy (non-hydrogen) atoms. The molecule has 0 unspecified atom stereocenters. The van der Waals surface area contributed by atoms with E-state index in [1.165, 1.54) is 0 Å². The van der Waals surface area contributed by atoms with Crippen LogP contribution in [0.1, 0.15) is 19.5 Å². The zero-order valence-corrected chi connectivity index (χ0v) is 9.61. The van der Waals surface area contributed by atoms with Gasteiger partial charge in [-0.1, -0.05) is 13.8 Å². The number of primary amides is 1. The Kier molecular flexibility index (Phi) is 5.54. The van der Waals surface area contributed by atoms with Gasteiger partial charge in [-0.3, -0.25) is 4.63 Å². The first kappa shape index (κ1) is 14.5. The van der Waals surface area contributed by atoms with E-state index in [1.54, 1.807) is 0 Å². The highest BCUT2D eigenvalue weighted by molar-refractivity contribution is 5.85. The molecule has 0 aromatic carbocycles. The zero-order chi connectivity index (χ0) is 11.4. The van der Waals surface area contributed by atoms with Crippen molar-refractivity contribution in [3.8, 4) is 5.88 Å². The van der Waals surface area contributed by atoms with Crippen LogP contribution in [0.3, 0.4) is 0 Å². The average molecular weight is 253 g/mol. The molecule has 9 heteroatoms. The number of hydrogen-bond acceptors (Lipinski definition) is 6. The van der Waals surface area contributed by atoms with E-state index >= 15 is 0 Å². The molecular weight excluding hydrogens is 240 g/mol. The van der Waals surface area contributed by atoms with E-state index in [-0.39, 0.29) is 41.5 Å². The van der Waals surface area contributed by atoms with Crippen molar-refractivity contribution >= 4 is 18.5 Å². The summed E-state index contributed by atoms with van der Waals surface area (Å²) in [6.07, 6.45) is -1.09. The Bertz CT molecular complexity index is 354. The van der Waals surface area contributed by atoms with Crippen molar-refractivity contribution in [2.24, 2.45) is 5.73 Å². The van der Waals surface area contributed by atoms with Gasteiger partial charge in [0.15, 0.2) is 0 Å². The highest BCUT2D eigenvalue weighted by atomic mass is 35.5. The Labute approximate surface area is 97.7 Å². The molecule has 92 valence electrons. The second kappa shape index (κ2) is 6.13. The summed E-state index contributed by atoms with van der Waals surface area (Å²) in [7, 11) is 0. The lowest BCUT2D eigenvalue weighted by Gasteiger charge is -2.03. The molecule has 0 aliphatic rings. The lowest BCUT2D eigenvalue weighted by atomic mass is 10.3. The van der Waals surface area contributed by atoms with Gasteiger partial charge in [0.25, 0.3) is 5.69 Å². The summed E-state index contributed by atoms with van der Waals surface area (Å²) in [5.74, 6) is -0.337. The minimum atomic E-state index is -1.09. The molecular formula is C7H13ClN4O4. The first-order chi connectivity index (χ1) is 7.00. The van der Waals surface area contributed by atoms with E-state index in [1.807, 2.05) is 13.8 Å². The highest BCUT2D eigenvalue weighted by Crippen LogP contribution is 2.09. The molecule has 0 atom stereocenters. The third kappa shape index (κ3) is 3.91. The molecule has 8 nitrogen and oxygen atoms in total. The molecule has 3 N–H and O–H groups in total. The summed E-state index contributed by atoms with van der Waals surface area (Å²) in [6.45, 7) is 4.08. The van der Waals surface area contributed by atoms with Crippen molar-refractivity contribution in [1.29, 1.82) is 0 Å². The molecule has 0 saturated heterocycles.